The van der Waals surface area contributed by atoms with Crippen LogP contribution in [0.1, 0.15) is 22.3 Å². The molecule has 1 aromatic carbocycles. The molecule has 0 aliphatic carbocycles. The van der Waals surface area contributed by atoms with Crippen LogP contribution in [0.2, 0.25) is 0 Å². The minimum absolute atomic E-state index is 0.130. The molecule has 0 atom stereocenters. The lowest BCUT2D eigenvalue weighted by atomic mass is 9.96. The van der Waals surface area contributed by atoms with E-state index in [0.29, 0.717) is 11.1 Å². The van der Waals surface area contributed by atoms with Gasteiger partial charge in [-0.05, 0) is 38.0 Å². The number of nitriles is 1. The molecule has 0 N–H and O–H groups in total. The van der Waals surface area contributed by atoms with Gasteiger partial charge in [0.15, 0.2) is 0 Å². The maximum Gasteiger partial charge on any atom is 0.275 e. The van der Waals surface area contributed by atoms with Gasteiger partial charge in [-0.15, -0.1) is 0 Å². The molecule has 0 heterocycles. The number of hydrogen-bond donors (Lipinski definition) is 0. The monoisotopic (exact) mass is 204 g/mol. The van der Waals surface area contributed by atoms with E-state index in [1.54, 1.807) is 19.9 Å². The number of rotatable bonds is 2. The summed E-state index contributed by atoms with van der Waals surface area (Å²) in [4.78, 5) is 10.4. The Bertz CT molecular complexity index is 459. The van der Waals surface area contributed by atoms with E-state index in [2.05, 4.69) is 0 Å². The van der Waals surface area contributed by atoms with Crippen LogP contribution in [-0.4, -0.2) is 4.92 Å². The van der Waals surface area contributed by atoms with Gasteiger partial charge >= 0.3 is 0 Å². The zero-order valence-corrected chi connectivity index (χ0v) is 9.00. The van der Waals surface area contributed by atoms with E-state index >= 15 is 0 Å². The quantitative estimate of drug-likeness (QED) is 0.549. The van der Waals surface area contributed by atoms with Crippen molar-refractivity contribution in [2.75, 3.05) is 0 Å². The topological polar surface area (TPSA) is 66.9 Å². The van der Waals surface area contributed by atoms with Crippen LogP contribution in [0.4, 0.5) is 5.69 Å². The average Bonchev–Trinajstić information content (AvgIpc) is 2.11. The van der Waals surface area contributed by atoms with Crippen LogP contribution in [0.15, 0.2) is 6.07 Å². The third-order valence-electron chi connectivity index (χ3n) is 2.53. The van der Waals surface area contributed by atoms with Gasteiger partial charge in [-0.1, -0.05) is 0 Å². The Morgan fingerprint density at radius 2 is 2.00 bits per heavy atom. The van der Waals surface area contributed by atoms with Gasteiger partial charge in [-0.2, -0.15) is 5.26 Å². The molecule has 0 aliphatic heterocycles. The van der Waals surface area contributed by atoms with Gasteiger partial charge in [0.2, 0.25) is 0 Å². The molecule has 78 valence electrons. The molecule has 1 rings (SSSR count). The van der Waals surface area contributed by atoms with E-state index in [1.807, 2.05) is 13.0 Å². The van der Waals surface area contributed by atoms with Crippen molar-refractivity contribution in [3.05, 3.63) is 38.4 Å². The predicted molar refractivity (Wildman–Crippen MR) is 56.6 cm³/mol. The number of benzene rings is 1. The summed E-state index contributed by atoms with van der Waals surface area (Å²) in [5, 5.41) is 19.5. The zero-order valence-electron chi connectivity index (χ0n) is 9.00. The smallest absolute Gasteiger partial charge is 0.258 e. The molecular weight excluding hydrogens is 192 g/mol. The third-order valence-corrected chi connectivity index (χ3v) is 2.53. The summed E-state index contributed by atoms with van der Waals surface area (Å²) in [6, 6.07) is 3.79. The Labute approximate surface area is 88.3 Å². The Hall–Kier alpha value is -1.89. The molecule has 0 aliphatic rings. The first-order valence-corrected chi connectivity index (χ1v) is 4.60. The van der Waals surface area contributed by atoms with E-state index in [0.717, 1.165) is 11.1 Å². The summed E-state index contributed by atoms with van der Waals surface area (Å²) in [6.07, 6.45) is 0.221. The van der Waals surface area contributed by atoms with Crippen molar-refractivity contribution in [3.63, 3.8) is 0 Å². The second kappa shape index (κ2) is 4.09. The summed E-state index contributed by atoms with van der Waals surface area (Å²) in [6.45, 7) is 5.29. The molecule has 1 aromatic rings. The standard InChI is InChI=1S/C11H12N2O2/c1-7-6-8(2)11(13(14)15)9(3)10(7)4-5-12/h6H,4H2,1-3H3. The highest BCUT2D eigenvalue weighted by Crippen LogP contribution is 2.28. The number of aryl methyl sites for hydroxylation is 2. The lowest BCUT2D eigenvalue weighted by molar-refractivity contribution is -0.386. The molecular formula is C11H12N2O2. The lowest BCUT2D eigenvalue weighted by Gasteiger charge is -2.09. The first kappa shape index (κ1) is 11.2. The normalized spacial score (nSPS) is 9.73. The molecule has 0 saturated heterocycles. The maximum absolute atomic E-state index is 10.8. The maximum atomic E-state index is 10.8. The van der Waals surface area contributed by atoms with Crippen molar-refractivity contribution in [1.29, 1.82) is 5.26 Å². The van der Waals surface area contributed by atoms with Crippen LogP contribution in [0.3, 0.4) is 0 Å². The molecule has 4 heteroatoms. The zero-order chi connectivity index (χ0) is 11.6. The molecule has 0 spiro atoms. The van der Waals surface area contributed by atoms with Crippen LogP contribution in [0.5, 0.6) is 0 Å². The molecule has 0 aromatic heterocycles. The number of nitro groups is 1. The summed E-state index contributed by atoms with van der Waals surface area (Å²) in [7, 11) is 0. The van der Waals surface area contributed by atoms with Gasteiger partial charge < -0.3 is 0 Å². The Morgan fingerprint density at radius 1 is 1.40 bits per heavy atom. The van der Waals surface area contributed by atoms with Gasteiger partial charge in [0.05, 0.1) is 17.4 Å². The van der Waals surface area contributed by atoms with Crippen LogP contribution >= 0.6 is 0 Å². The molecule has 0 bridgehead atoms. The summed E-state index contributed by atoms with van der Waals surface area (Å²) >= 11 is 0. The van der Waals surface area contributed by atoms with E-state index in [-0.39, 0.29) is 17.0 Å². The Kier molecular flexibility index (Phi) is 3.05. The highest BCUT2D eigenvalue weighted by molar-refractivity contribution is 5.54. The van der Waals surface area contributed by atoms with Gasteiger partial charge in [0.25, 0.3) is 5.69 Å². The third kappa shape index (κ3) is 1.96. The number of nitrogens with zero attached hydrogens (tertiary/aromatic N) is 2. The van der Waals surface area contributed by atoms with Crippen molar-refractivity contribution in [3.8, 4) is 6.07 Å². The first-order valence-electron chi connectivity index (χ1n) is 4.60. The molecule has 0 amide bonds. The predicted octanol–water partition coefficient (Wildman–Crippen LogP) is 2.59. The minimum atomic E-state index is -0.384. The molecule has 0 fully saturated rings. The fourth-order valence-electron chi connectivity index (χ4n) is 1.85. The van der Waals surface area contributed by atoms with Crippen molar-refractivity contribution >= 4 is 5.69 Å². The second-order valence-corrected chi connectivity index (χ2v) is 3.55. The molecule has 0 unspecified atom stereocenters. The number of nitro benzene ring substituents is 1. The molecule has 15 heavy (non-hydrogen) atoms. The number of hydrogen-bond acceptors (Lipinski definition) is 3. The lowest BCUT2D eigenvalue weighted by Crippen LogP contribution is -2.01. The van der Waals surface area contributed by atoms with Crippen LogP contribution in [0.25, 0.3) is 0 Å². The second-order valence-electron chi connectivity index (χ2n) is 3.55. The molecule has 0 saturated carbocycles. The molecule has 4 nitrogen and oxygen atoms in total. The highest BCUT2D eigenvalue weighted by Gasteiger charge is 2.19. The first-order chi connectivity index (χ1) is 6.99. The summed E-state index contributed by atoms with van der Waals surface area (Å²) in [5.74, 6) is 0. The summed E-state index contributed by atoms with van der Waals surface area (Å²) < 4.78 is 0. The van der Waals surface area contributed by atoms with Crippen molar-refractivity contribution < 1.29 is 4.92 Å². The molecule has 0 radical (unpaired) electrons. The highest BCUT2D eigenvalue weighted by atomic mass is 16.6. The van der Waals surface area contributed by atoms with Crippen molar-refractivity contribution in [1.82, 2.24) is 0 Å². The van der Waals surface area contributed by atoms with Gasteiger partial charge in [0, 0.05) is 11.1 Å². The van der Waals surface area contributed by atoms with E-state index in [1.165, 1.54) is 0 Å². The SMILES string of the molecule is Cc1cc(C)c([N+](=O)[O-])c(C)c1CC#N. The Morgan fingerprint density at radius 3 is 2.47 bits per heavy atom. The van der Waals surface area contributed by atoms with Crippen LogP contribution in [-0.2, 0) is 6.42 Å². The van der Waals surface area contributed by atoms with Gasteiger partial charge in [-0.3, -0.25) is 10.1 Å². The van der Waals surface area contributed by atoms with Crippen LogP contribution in [0, 0.1) is 42.2 Å². The van der Waals surface area contributed by atoms with Crippen molar-refractivity contribution in [2.24, 2.45) is 0 Å². The summed E-state index contributed by atoms with van der Waals surface area (Å²) in [5.41, 5.74) is 3.11. The fourth-order valence-corrected chi connectivity index (χ4v) is 1.85. The van der Waals surface area contributed by atoms with E-state index in [9.17, 15) is 10.1 Å². The fraction of sp³-hybridized carbons (Fsp3) is 0.364. The Balaban J connectivity index is 3.50. The van der Waals surface area contributed by atoms with Crippen LogP contribution < -0.4 is 0 Å². The minimum Gasteiger partial charge on any atom is -0.258 e. The van der Waals surface area contributed by atoms with E-state index in [4.69, 9.17) is 5.26 Å². The average molecular weight is 204 g/mol. The van der Waals surface area contributed by atoms with Gasteiger partial charge in [-0.25, -0.2) is 0 Å². The van der Waals surface area contributed by atoms with Gasteiger partial charge in [0.1, 0.15) is 0 Å². The van der Waals surface area contributed by atoms with Crippen molar-refractivity contribution in [2.45, 2.75) is 27.2 Å². The largest absolute Gasteiger partial charge is 0.275 e. The van der Waals surface area contributed by atoms with E-state index < -0.39 is 0 Å².